The molecule has 0 atom stereocenters. The molecule has 0 unspecified atom stereocenters. The predicted molar refractivity (Wildman–Crippen MR) is 90.5 cm³/mol. The van der Waals surface area contributed by atoms with Crippen molar-refractivity contribution in [1.29, 1.82) is 0 Å². The molecule has 0 saturated heterocycles. The lowest BCUT2D eigenvalue weighted by Gasteiger charge is -2.07. The molecule has 0 aliphatic heterocycles. The van der Waals surface area contributed by atoms with E-state index in [1.807, 2.05) is 19.1 Å². The molecule has 0 aliphatic rings. The summed E-state index contributed by atoms with van der Waals surface area (Å²) in [5.41, 5.74) is 8.16. The lowest BCUT2D eigenvalue weighted by atomic mass is 10.1. The number of carbonyl (C=O) groups is 1. The van der Waals surface area contributed by atoms with Gasteiger partial charge in [-0.1, -0.05) is 57.9 Å². The maximum atomic E-state index is 11.9. The highest BCUT2D eigenvalue weighted by Gasteiger charge is 2.05. The summed E-state index contributed by atoms with van der Waals surface area (Å²) in [6.45, 7) is 4.93. The van der Waals surface area contributed by atoms with Gasteiger partial charge in [-0.15, -0.1) is 0 Å². The van der Waals surface area contributed by atoms with E-state index in [1.165, 1.54) is 44.9 Å². The summed E-state index contributed by atoms with van der Waals surface area (Å²) in [6.07, 6.45) is 10.2. The first-order valence-corrected chi connectivity index (χ1v) is 8.29. The highest BCUT2D eigenvalue weighted by atomic mass is 16.1. The van der Waals surface area contributed by atoms with Gasteiger partial charge in [-0.2, -0.15) is 0 Å². The molecule has 1 amide bonds. The third-order valence-electron chi connectivity index (χ3n) is 3.86. The van der Waals surface area contributed by atoms with Crippen LogP contribution in [-0.2, 0) is 0 Å². The highest BCUT2D eigenvalue weighted by Crippen LogP contribution is 2.13. The van der Waals surface area contributed by atoms with E-state index in [1.54, 1.807) is 6.07 Å². The zero-order chi connectivity index (χ0) is 15.5. The standard InChI is InChI=1S/C18H30N2O/c1-3-4-5-6-7-8-9-10-13-20-18(21)16-12-11-15(2)17(19)14-16/h11-12,14H,3-10,13,19H2,1-2H3,(H,20,21). The number of amides is 1. The van der Waals surface area contributed by atoms with Gasteiger partial charge in [-0.25, -0.2) is 0 Å². The number of rotatable bonds is 10. The SMILES string of the molecule is CCCCCCCCCCNC(=O)c1ccc(C)c(N)c1. The third-order valence-corrected chi connectivity index (χ3v) is 3.86. The molecule has 0 aromatic heterocycles. The van der Waals surface area contributed by atoms with Crippen molar-refractivity contribution in [3.05, 3.63) is 29.3 Å². The fourth-order valence-electron chi connectivity index (χ4n) is 2.34. The van der Waals surface area contributed by atoms with Crippen LogP contribution in [0, 0.1) is 6.92 Å². The molecular formula is C18H30N2O. The van der Waals surface area contributed by atoms with Gasteiger partial charge in [0.1, 0.15) is 0 Å². The molecule has 3 N–H and O–H groups in total. The summed E-state index contributed by atoms with van der Waals surface area (Å²) in [4.78, 5) is 11.9. The Kier molecular flexibility index (Phi) is 8.56. The van der Waals surface area contributed by atoms with E-state index in [2.05, 4.69) is 12.2 Å². The Morgan fingerprint density at radius 3 is 2.29 bits per heavy atom. The van der Waals surface area contributed by atoms with Crippen molar-refractivity contribution in [1.82, 2.24) is 5.32 Å². The minimum atomic E-state index is -0.0235. The molecule has 118 valence electrons. The van der Waals surface area contributed by atoms with Gasteiger partial charge in [-0.3, -0.25) is 4.79 Å². The Morgan fingerprint density at radius 2 is 1.67 bits per heavy atom. The van der Waals surface area contributed by atoms with E-state index < -0.39 is 0 Å². The van der Waals surface area contributed by atoms with Gasteiger partial charge in [0, 0.05) is 17.8 Å². The van der Waals surface area contributed by atoms with E-state index in [4.69, 9.17) is 5.73 Å². The zero-order valence-corrected chi connectivity index (χ0v) is 13.6. The average molecular weight is 290 g/mol. The molecule has 1 rings (SSSR count). The molecule has 0 saturated carbocycles. The fraction of sp³-hybridized carbons (Fsp3) is 0.611. The number of hydrogen-bond donors (Lipinski definition) is 2. The van der Waals surface area contributed by atoms with Crippen molar-refractivity contribution in [3.63, 3.8) is 0 Å². The van der Waals surface area contributed by atoms with Crippen molar-refractivity contribution in [2.24, 2.45) is 0 Å². The van der Waals surface area contributed by atoms with Gasteiger partial charge in [-0.05, 0) is 31.0 Å². The summed E-state index contributed by atoms with van der Waals surface area (Å²) in [7, 11) is 0. The molecule has 0 fully saturated rings. The summed E-state index contributed by atoms with van der Waals surface area (Å²) in [5.74, 6) is -0.0235. The van der Waals surface area contributed by atoms with Gasteiger partial charge in [0.25, 0.3) is 5.91 Å². The van der Waals surface area contributed by atoms with Crippen LogP contribution < -0.4 is 11.1 Å². The molecule has 0 heterocycles. The lowest BCUT2D eigenvalue weighted by Crippen LogP contribution is -2.24. The molecule has 3 nitrogen and oxygen atoms in total. The lowest BCUT2D eigenvalue weighted by molar-refractivity contribution is 0.0953. The number of aryl methyl sites for hydroxylation is 1. The number of anilines is 1. The van der Waals surface area contributed by atoms with Crippen LogP contribution in [0.2, 0.25) is 0 Å². The van der Waals surface area contributed by atoms with Crippen molar-refractivity contribution < 1.29 is 4.79 Å². The average Bonchev–Trinajstić information content (AvgIpc) is 2.48. The minimum Gasteiger partial charge on any atom is -0.398 e. The molecular weight excluding hydrogens is 260 g/mol. The second-order valence-corrected chi connectivity index (χ2v) is 5.80. The third kappa shape index (κ3) is 7.16. The van der Waals surface area contributed by atoms with E-state index >= 15 is 0 Å². The van der Waals surface area contributed by atoms with Gasteiger partial charge >= 0.3 is 0 Å². The molecule has 0 aliphatic carbocycles. The van der Waals surface area contributed by atoms with Crippen LogP contribution in [-0.4, -0.2) is 12.5 Å². The van der Waals surface area contributed by atoms with Crippen LogP contribution in [0.3, 0.4) is 0 Å². The molecule has 1 aromatic carbocycles. The number of nitrogens with one attached hydrogen (secondary N) is 1. The summed E-state index contributed by atoms with van der Waals surface area (Å²) in [6, 6.07) is 5.47. The number of hydrogen-bond acceptors (Lipinski definition) is 2. The van der Waals surface area contributed by atoms with Crippen LogP contribution >= 0.6 is 0 Å². The van der Waals surface area contributed by atoms with Crippen LogP contribution in [0.15, 0.2) is 18.2 Å². The molecule has 0 radical (unpaired) electrons. The maximum Gasteiger partial charge on any atom is 0.251 e. The van der Waals surface area contributed by atoms with E-state index in [0.29, 0.717) is 11.3 Å². The van der Waals surface area contributed by atoms with Crippen molar-refractivity contribution in [2.45, 2.75) is 65.2 Å². The minimum absolute atomic E-state index is 0.0235. The second kappa shape index (κ2) is 10.3. The largest absolute Gasteiger partial charge is 0.398 e. The van der Waals surface area contributed by atoms with Gasteiger partial charge in [0.15, 0.2) is 0 Å². The zero-order valence-electron chi connectivity index (χ0n) is 13.6. The first-order chi connectivity index (χ1) is 10.1. The molecule has 0 spiro atoms. The van der Waals surface area contributed by atoms with E-state index in [0.717, 1.165) is 18.5 Å². The Bertz CT molecular complexity index is 429. The Hall–Kier alpha value is -1.51. The van der Waals surface area contributed by atoms with Crippen molar-refractivity contribution in [3.8, 4) is 0 Å². The Balaban J connectivity index is 2.09. The summed E-state index contributed by atoms with van der Waals surface area (Å²) in [5, 5.41) is 2.96. The molecule has 21 heavy (non-hydrogen) atoms. The summed E-state index contributed by atoms with van der Waals surface area (Å²) >= 11 is 0. The monoisotopic (exact) mass is 290 g/mol. The van der Waals surface area contributed by atoms with E-state index in [-0.39, 0.29) is 5.91 Å². The summed E-state index contributed by atoms with van der Waals surface area (Å²) < 4.78 is 0. The smallest absolute Gasteiger partial charge is 0.251 e. The predicted octanol–water partition coefficient (Wildman–Crippen LogP) is 4.45. The van der Waals surface area contributed by atoms with Crippen molar-refractivity contribution >= 4 is 11.6 Å². The first-order valence-electron chi connectivity index (χ1n) is 8.29. The molecule has 1 aromatic rings. The van der Waals surface area contributed by atoms with Crippen LogP contribution in [0.25, 0.3) is 0 Å². The van der Waals surface area contributed by atoms with Gasteiger partial charge in [0.2, 0.25) is 0 Å². The number of nitrogen functional groups attached to an aromatic ring is 1. The van der Waals surface area contributed by atoms with E-state index in [9.17, 15) is 4.79 Å². The first kappa shape index (κ1) is 17.5. The fourth-order valence-corrected chi connectivity index (χ4v) is 2.34. The highest BCUT2D eigenvalue weighted by molar-refractivity contribution is 5.95. The van der Waals surface area contributed by atoms with Crippen LogP contribution in [0.4, 0.5) is 5.69 Å². The van der Waals surface area contributed by atoms with Crippen LogP contribution in [0.5, 0.6) is 0 Å². The van der Waals surface area contributed by atoms with Crippen molar-refractivity contribution in [2.75, 3.05) is 12.3 Å². The number of nitrogens with two attached hydrogens (primary N) is 1. The molecule has 0 bridgehead atoms. The maximum absolute atomic E-state index is 11.9. The number of carbonyl (C=O) groups excluding carboxylic acids is 1. The topological polar surface area (TPSA) is 55.1 Å². The van der Waals surface area contributed by atoms with Crippen LogP contribution in [0.1, 0.15) is 74.2 Å². The number of unbranched alkanes of at least 4 members (excludes halogenated alkanes) is 7. The number of benzene rings is 1. The Morgan fingerprint density at radius 1 is 1.05 bits per heavy atom. The molecule has 3 heteroatoms. The quantitative estimate of drug-likeness (QED) is 0.494. The Labute approximate surface area is 129 Å². The normalized spacial score (nSPS) is 10.6. The van der Waals surface area contributed by atoms with Gasteiger partial charge in [0.05, 0.1) is 0 Å². The van der Waals surface area contributed by atoms with Gasteiger partial charge < -0.3 is 11.1 Å². The second-order valence-electron chi connectivity index (χ2n) is 5.80.